The molecule has 2 aromatic carbocycles. The lowest BCUT2D eigenvalue weighted by Gasteiger charge is -2.18. The summed E-state index contributed by atoms with van der Waals surface area (Å²) in [6.07, 6.45) is -0.0882. The zero-order chi connectivity index (χ0) is 17.6. The Kier molecular flexibility index (Phi) is 5.30. The molecular weight excluding hydrogens is 318 g/mol. The second-order valence-electron chi connectivity index (χ2n) is 5.97. The minimum atomic E-state index is -0.624. The normalized spacial score (nSPS) is 18.3. The van der Waals surface area contributed by atoms with Gasteiger partial charge in [-0.3, -0.25) is 4.79 Å². The van der Waals surface area contributed by atoms with Crippen molar-refractivity contribution in [1.82, 2.24) is 16.0 Å². The highest BCUT2D eigenvalue weighted by atomic mass is 16.3. The van der Waals surface area contributed by atoms with Crippen LogP contribution in [0, 0.1) is 0 Å². The maximum absolute atomic E-state index is 12.0. The highest BCUT2D eigenvalue weighted by molar-refractivity contribution is 5.94. The molecule has 25 heavy (non-hydrogen) atoms. The molecule has 3 rings (SSSR count). The van der Waals surface area contributed by atoms with Crippen LogP contribution in [0.15, 0.2) is 54.6 Å². The summed E-state index contributed by atoms with van der Waals surface area (Å²) in [5.74, 6) is -0.178. The Morgan fingerprint density at radius 2 is 1.64 bits per heavy atom. The van der Waals surface area contributed by atoms with Crippen LogP contribution >= 0.6 is 0 Å². The fourth-order valence-corrected chi connectivity index (χ4v) is 2.98. The third-order valence-electron chi connectivity index (χ3n) is 4.22. The number of fused-ring (bicyclic) bond motifs is 1. The van der Waals surface area contributed by atoms with E-state index in [0.29, 0.717) is 25.1 Å². The van der Waals surface area contributed by atoms with Gasteiger partial charge in [0.1, 0.15) is 0 Å². The maximum Gasteiger partial charge on any atom is 0.315 e. The molecule has 2 unspecified atom stereocenters. The molecule has 0 saturated carbocycles. The van der Waals surface area contributed by atoms with Gasteiger partial charge in [-0.1, -0.05) is 42.5 Å². The van der Waals surface area contributed by atoms with Crippen molar-refractivity contribution in [1.29, 1.82) is 0 Å². The van der Waals surface area contributed by atoms with Crippen LogP contribution in [0.5, 0.6) is 0 Å². The van der Waals surface area contributed by atoms with Gasteiger partial charge >= 0.3 is 6.03 Å². The van der Waals surface area contributed by atoms with Gasteiger partial charge in [-0.25, -0.2) is 4.79 Å². The van der Waals surface area contributed by atoms with Crippen LogP contribution in [0.1, 0.15) is 27.5 Å². The molecule has 2 atom stereocenters. The summed E-state index contributed by atoms with van der Waals surface area (Å²) < 4.78 is 0. The number of aliphatic hydroxyl groups is 1. The lowest BCUT2D eigenvalue weighted by Crippen LogP contribution is -2.43. The quantitative estimate of drug-likeness (QED) is 0.620. The van der Waals surface area contributed by atoms with Gasteiger partial charge in [0.2, 0.25) is 0 Å². The van der Waals surface area contributed by atoms with Crippen LogP contribution in [-0.4, -0.2) is 36.2 Å². The molecule has 6 nitrogen and oxygen atoms in total. The van der Waals surface area contributed by atoms with E-state index in [1.807, 2.05) is 30.3 Å². The van der Waals surface area contributed by atoms with Gasteiger partial charge in [0, 0.05) is 25.1 Å². The molecule has 0 spiro atoms. The molecule has 4 N–H and O–H groups in total. The minimum absolute atomic E-state index is 0.178. The van der Waals surface area contributed by atoms with Crippen molar-refractivity contribution >= 4 is 11.9 Å². The number of urea groups is 1. The summed E-state index contributed by atoms with van der Waals surface area (Å²) in [4.78, 5) is 23.9. The van der Waals surface area contributed by atoms with Crippen LogP contribution < -0.4 is 16.0 Å². The van der Waals surface area contributed by atoms with Gasteiger partial charge < -0.3 is 21.1 Å². The summed E-state index contributed by atoms with van der Waals surface area (Å²) >= 11 is 0. The molecule has 0 radical (unpaired) electrons. The minimum Gasteiger partial charge on any atom is -0.390 e. The molecule has 0 fully saturated rings. The maximum atomic E-state index is 12.0. The molecule has 6 heteroatoms. The van der Waals surface area contributed by atoms with Crippen molar-refractivity contribution in [2.75, 3.05) is 13.1 Å². The highest BCUT2D eigenvalue weighted by Gasteiger charge is 2.31. The Morgan fingerprint density at radius 3 is 2.44 bits per heavy atom. The van der Waals surface area contributed by atoms with Crippen molar-refractivity contribution < 1.29 is 14.7 Å². The molecule has 1 aliphatic rings. The smallest absolute Gasteiger partial charge is 0.315 e. The standard InChI is InChI=1S/C19H21N3O3/c23-16-12-14-8-4-5-9-15(14)17(16)22-19(25)21-11-10-20-18(24)13-6-2-1-3-7-13/h1-9,16-17,23H,10-12H2,(H,20,24)(H2,21,22,25). The number of rotatable bonds is 5. The average Bonchev–Trinajstić information content (AvgIpc) is 2.95. The van der Waals surface area contributed by atoms with E-state index in [-0.39, 0.29) is 11.9 Å². The summed E-state index contributed by atoms with van der Waals surface area (Å²) in [5, 5.41) is 18.4. The molecule has 0 aromatic heterocycles. The van der Waals surface area contributed by atoms with E-state index in [1.54, 1.807) is 24.3 Å². The molecule has 130 valence electrons. The predicted octanol–water partition coefficient (Wildman–Crippen LogP) is 1.37. The molecule has 0 saturated heterocycles. The van der Waals surface area contributed by atoms with Crippen LogP contribution in [0.4, 0.5) is 4.79 Å². The Hall–Kier alpha value is -2.86. The molecule has 0 aliphatic heterocycles. The molecular formula is C19H21N3O3. The number of nitrogens with one attached hydrogen (secondary N) is 3. The Balaban J connectivity index is 1.42. The summed E-state index contributed by atoms with van der Waals surface area (Å²) in [6.45, 7) is 0.625. The number of amides is 3. The van der Waals surface area contributed by atoms with Crippen LogP contribution in [0.3, 0.4) is 0 Å². The van der Waals surface area contributed by atoms with Gasteiger partial charge in [-0.15, -0.1) is 0 Å². The van der Waals surface area contributed by atoms with Crippen LogP contribution in [-0.2, 0) is 6.42 Å². The van der Waals surface area contributed by atoms with E-state index in [1.165, 1.54) is 0 Å². The largest absolute Gasteiger partial charge is 0.390 e. The van der Waals surface area contributed by atoms with Crippen molar-refractivity contribution in [2.45, 2.75) is 18.6 Å². The number of hydrogen-bond donors (Lipinski definition) is 4. The third-order valence-corrected chi connectivity index (χ3v) is 4.22. The molecule has 1 aliphatic carbocycles. The van der Waals surface area contributed by atoms with E-state index < -0.39 is 12.1 Å². The van der Waals surface area contributed by atoms with Crippen molar-refractivity contribution in [3.63, 3.8) is 0 Å². The summed E-state index contributed by atoms with van der Waals surface area (Å²) in [5.41, 5.74) is 2.58. The van der Waals surface area contributed by atoms with Crippen molar-refractivity contribution in [3.8, 4) is 0 Å². The molecule has 2 aromatic rings. The first-order chi connectivity index (χ1) is 12.1. The van der Waals surface area contributed by atoms with E-state index in [9.17, 15) is 14.7 Å². The Morgan fingerprint density at radius 1 is 0.960 bits per heavy atom. The molecule has 0 heterocycles. The topological polar surface area (TPSA) is 90.5 Å². The van der Waals surface area contributed by atoms with Gasteiger partial charge in [0.15, 0.2) is 0 Å². The number of benzene rings is 2. The molecule has 3 amide bonds. The highest BCUT2D eigenvalue weighted by Crippen LogP contribution is 2.30. The summed E-state index contributed by atoms with van der Waals surface area (Å²) in [6, 6.07) is 15.8. The fourth-order valence-electron chi connectivity index (χ4n) is 2.98. The lowest BCUT2D eigenvalue weighted by atomic mass is 10.1. The Bertz CT molecular complexity index is 749. The van der Waals surface area contributed by atoms with Gasteiger partial charge in [0.25, 0.3) is 5.91 Å². The monoisotopic (exact) mass is 339 g/mol. The zero-order valence-electron chi connectivity index (χ0n) is 13.7. The lowest BCUT2D eigenvalue weighted by molar-refractivity contribution is 0.0954. The first-order valence-corrected chi connectivity index (χ1v) is 8.28. The zero-order valence-corrected chi connectivity index (χ0v) is 13.7. The predicted molar refractivity (Wildman–Crippen MR) is 94.2 cm³/mol. The number of aliphatic hydroxyl groups excluding tert-OH is 1. The van der Waals surface area contributed by atoms with E-state index in [4.69, 9.17) is 0 Å². The van der Waals surface area contributed by atoms with Crippen LogP contribution in [0.2, 0.25) is 0 Å². The second-order valence-corrected chi connectivity index (χ2v) is 5.97. The van der Waals surface area contributed by atoms with Crippen LogP contribution in [0.25, 0.3) is 0 Å². The second kappa shape index (κ2) is 7.81. The van der Waals surface area contributed by atoms with E-state index in [2.05, 4.69) is 16.0 Å². The number of hydrogen-bond acceptors (Lipinski definition) is 3. The third kappa shape index (κ3) is 4.16. The van der Waals surface area contributed by atoms with E-state index >= 15 is 0 Å². The van der Waals surface area contributed by atoms with Gasteiger partial charge in [-0.05, 0) is 23.3 Å². The SMILES string of the molecule is O=C(NCCNC(=O)c1ccccc1)NC1c2ccccc2CC1O. The van der Waals surface area contributed by atoms with Gasteiger partial charge in [0.05, 0.1) is 12.1 Å². The summed E-state index contributed by atoms with van der Waals surface area (Å²) in [7, 11) is 0. The van der Waals surface area contributed by atoms with Crippen molar-refractivity contribution in [3.05, 3.63) is 71.3 Å². The average molecular weight is 339 g/mol. The number of carbonyl (C=O) groups is 2. The van der Waals surface area contributed by atoms with Crippen molar-refractivity contribution in [2.24, 2.45) is 0 Å². The molecule has 0 bridgehead atoms. The Labute approximate surface area is 146 Å². The first-order valence-electron chi connectivity index (χ1n) is 8.28. The first kappa shape index (κ1) is 17.0. The van der Waals surface area contributed by atoms with E-state index in [0.717, 1.165) is 11.1 Å². The number of carbonyl (C=O) groups excluding carboxylic acids is 2. The fraction of sp³-hybridized carbons (Fsp3) is 0.263. The van der Waals surface area contributed by atoms with Gasteiger partial charge in [-0.2, -0.15) is 0 Å².